The van der Waals surface area contributed by atoms with Crippen molar-refractivity contribution in [3.05, 3.63) is 118 Å². The van der Waals surface area contributed by atoms with Crippen LogP contribution in [-0.2, 0) is 7.05 Å². The first-order valence-electron chi connectivity index (χ1n) is 13.1. The van der Waals surface area contributed by atoms with Crippen molar-refractivity contribution in [1.29, 1.82) is 0 Å². The van der Waals surface area contributed by atoms with Crippen molar-refractivity contribution in [1.82, 2.24) is 34.7 Å². The lowest BCUT2D eigenvalue weighted by Gasteiger charge is -2.21. The van der Waals surface area contributed by atoms with Crippen molar-refractivity contribution in [3.63, 3.8) is 0 Å². The average molecular weight is 556 g/mol. The number of carbonyl (C=O) groups is 1. The van der Waals surface area contributed by atoms with E-state index in [1.807, 2.05) is 37.4 Å². The lowest BCUT2D eigenvalue weighted by molar-refractivity contribution is 0.0940. The van der Waals surface area contributed by atoms with Gasteiger partial charge in [-0.15, -0.1) is 0 Å². The summed E-state index contributed by atoms with van der Waals surface area (Å²) in [6.45, 7) is 1.74. The molecule has 0 saturated carbocycles. The van der Waals surface area contributed by atoms with Crippen LogP contribution in [0.4, 0.5) is 11.5 Å². The van der Waals surface area contributed by atoms with Gasteiger partial charge < -0.3 is 11.1 Å². The fourth-order valence-corrected chi connectivity index (χ4v) is 4.63. The maximum absolute atomic E-state index is 14.1. The number of para-hydroxylation sites is 1. The minimum Gasteiger partial charge on any atom is -0.383 e. The van der Waals surface area contributed by atoms with Gasteiger partial charge in [0.1, 0.15) is 11.4 Å². The quantitative estimate of drug-likeness (QED) is 0.274. The zero-order chi connectivity index (χ0) is 29.2. The van der Waals surface area contributed by atoms with Gasteiger partial charge in [-0.25, -0.2) is 14.6 Å². The molecule has 0 aliphatic rings. The summed E-state index contributed by atoms with van der Waals surface area (Å²) in [4.78, 5) is 41.0. The number of nitrogens with zero attached hydrogens (tertiary/aromatic N) is 6. The molecule has 6 aromatic rings. The molecule has 4 N–H and O–H groups in total. The van der Waals surface area contributed by atoms with Gasteiger partial charge in [0, 0.05) is 36.6 Å². The summed E-state index contributed by atoms with van der Waals surface area (Å²) in [5.41, 5.74) is 11.8. The Balaban J connectivity index is 1.45. The summed E-state index contributed by atoms with van der Waals surface area (Å²) in [6.07, 6.45) is 6.60. The highest BCUT2D eigenvalue weighted by Gasteiger charge is 2.23. The Bertz CT molecular complexity index is 2090. The van der Waals surface area contributed by atoms with Crippen LogP contribution in [0.2, 0.25) is 0 Å². The van der Waals surface area contributed by atoms with Gasteiger partial charge in [0.25, 0.3) is 11.5 Å². The van der Waals surface area contributed by atoms with Crippen molar-refractivity contribution in [2.24, 2.45) is 7.05 Å². The smallest absolute Gasteiger partial charge is 0.281 e. The van der Waals surface area contributed by atoms with Gasteiger partial charge in [-0.1, -0.05) is 36.1 Å². The molecule has 4 heterocycles. The molecule has 1 atom stereocenters. The number of nitrogens with one attached hydrogen (secondary N) is 2. The number of nitrogens with two attached hydrogens (primary N) is 1. The molecule has 0 aliphatic heterocycles. The highest BCUT2D eigenvalue weighted by Crippen LogP contribution is 2.22. The van der Waals surface area contributed by atoms with Crippen LogP contribution < -0.4 is 22.0 Å². The molecule has 0 fully saturated rings. The average Bonchev–Trinajstić information content (AvgIpc) is 3.42. The molecule has 0 spiro atoms. The van der Waals surface area contributed by atoms with E-state index in [-0.39, 0.29) is 22.8 Å². The topological polar surface area (TPSA) is 146 Å². The Labute approximate surface area is 240 Å². The number of hydrogen-bond donors (Lipinski definition) is 3. The van der Waals surface area contributed by atoms with E-state index in [9.17, 15) is 9.59 Å². The first-order valence-corrected chi connectivity index (χ1v) is 13.1. The van der Waals surface area contributed by atoms with Gasteiger partial charge >= 0.3 is 0 Å². The van der Waals surface area contributed by atoms with E-state index in [1.165, 1.54) is 4.68 Å². The highest BCUT2D eigenvalue weighted by atomic mass is 16.2. The van der Waals surface area contributed by atoms with E-state index in [1.54, 1.807) is 66.7 Å². The summed E-state index contributed by atoms with van der Waals surface area (Å²) < 4.78 is 2.99. The third-order valence-electron chi connectivity index (χ3n) is 6.62. The van der Waals surface area contributed by atoms with Crippen molar-refractivity contribution in [2.45, 2.75) is 13.0 Å². The molecule has 6 rings (SSSR count). The number of rotatable bonds is 5. The fraction of sp³-hybridized carbons (Fsp3) is 0.0968. The van der Waals surface area contributed by atoms with Gasteiger partial charge in [0.05, 0.1) is 39.9 Å². The second-order valence-corrected chi connectivity index (χ2v) is 9.60. The maximum Gasteiger partial charge on any atom is 0.281 e. The van der Waals surface area contributed by atoms with Gasteiger partial charge in [-0.05, 0) is 43.3 Å². The predicted octanol–water partition coefficient (Wildman–Crippen LogP) is 3.42. The molecule has 0 aliphatic carbocycles. The van der Waals surface area contributed by atoms with E-state index in [2.05, 4.69) is 37.7 Å². The van der Waals surface area contributed by atoms with E-state index in [0.717, 1.165) is 5.56 Å². The molecular weight excluding hydrogens is 530 g/mol. The number of carbonyl (C=O) groups excluding carboxylic acids is 1. The normalized spacial score (nSPS) is 11.6. The van der Waals surface area contributed by atoms with Crippen LogP contribution in [0, 0.1) is 11.8 Å². The summed E-state index contributed by atoms with van der Waals surface area (Å²) in [5, 5.41) is 8.09. The monoisotopic (exact) mass is 555 g/mol. The largest absolute Gasteiger partial charge is 0.383 e. The summed E-state index contributed by atoms with van der Waals surface area (Å²) in [5.74, 6) is 5.99. The Hall–Kier alpha value is -6.02. The first kappa shape index (κ1) is 26.2. The lowest BCUT2D eigenvalue weighted by atomic mass is 10.1. The van der Waals surface area contributed by atoms with Crippen LogP contribution in [0.15, 0.2) is 90.2 Å². The van der Waals surface area contributed by atoms with Crippen LogP contribution in [-0.4, -0.2) is 35.3 Å². The molecule has 42 heavy (non-hydrogen) atoms. The number of aryl methyl sites for hydroxylation is 1. The number of amides is 1. The molecule has 206 valence electrons. The third kappa shape index (κ3) is 5.00. The highest BCUT2D eigenvalue weighted by molar-refractivity contribution is 6.09. The third-order valence-corrected chi connectivity index (χ3v) is 6.62. The second kappa shape index (κ2) is 10.9. The van der Waals surface area contributed by atoms with Crippen molar-refractivity contribution in [2.75, 3.05) is 11.2 Å². The van der Waals surface area contributed by atoms with Gasteiger partial charge in [-0.3, -0.25) is 24.7 Å². The molecule has 0 radical (unpaired) electrons. The minimum absolute atomic E-state index is 0.0500. The number of anilines is 2. The van der Waals surface area contributed by atoms with Crippen molar-refractivity contribution in [3.8, 4) is 11.8 Å². The van der Waals surface area contributed by atoms with Crippen molar-refractivity contribution < 1.29 is 4.79 Å². The maximum atomic E-state index is 14.1. The lowest BCUT2D eigenvalue weighted by Crippen LogP contribution is -2.37. The Morgan fingerprint density at radius 1 is 1.00 bits per heavy atom. The van der Waals surface area contributed by atoms with Crippen LogP contribution in [0.25, 0.3) is 21.8 Å². The SMILES string of the molecule is C[C@@H](NC(=O)c1c(N)ncc2cccnc12)c1nc2cccc(C#Cc3cnn(C)c3)c2c(=O)n1Nc1ccccc1. The van der Waals surface area contributed by atoms with Crippen LogP contribution in [0.5, 0.6) is 0 Å². The molecule has 2 aromatic carbocycles. The Kier molecular flexibility index (Phi) is 6.78. The Morgan fingerprint density at radius 3 is 2.62 bits per heavy atom. The molecule has 4 aromatic heterocycles. The molecular formula is C31H25N9O2. The van der Waals surface area contributed by atoms with Crippen LogP contribution in [0.1, 0.15) is 40.3 Å². The summed E-state index contributed by atoms with van der Waals surface area (Å²) >= 11 is 0. The van der Waals surface area contributed by atoms with Gasteiger partial charge in [0.2, 0.25) is 0 Å². The minimum atomic E-state index is -0.727. The summed E-state index contributed by atoms with van der Waals surface area (Å²) in [7, 11) is 1.81. The standard InChI is InChI=1S/C31H25N9O2/c1-19(36-30(41)26-27-22(9-7-15-33-27)17-34-28(26)32)29-37-24-12-6-8-21(14-13-20-16-35-39(2)18-20)25(24)31(42)40(29)38-23-10-4-3-5-11-23/h3-12,15-19,38H,1-2H3,(H2,32,34)(H,36,41)/t19-/m1/s1. The van der Waals surface area contributed by atoms with Crippen molar-refractivity contribution >= 4 is 39.2 Å². The zero-order valence-corrected chi connectivity index (χ0v) is 22.7. The number of hydrogen-bond acceptors (Lipinski definition) is 8. The van der Waals surface area contributed by atoms with E-state index >= 15 is 0 Å². The van der Waals surface area contributed by atoms with Gasteiger partial charge in [0.15, 0.2) is 5.82 Å². The molecule has 11 heteroatoms. The number of pyridine rings is 2. The second-order valence-electron chi connectivity index (χ2n) is 9.60. The zero-order valence-electron chi connectivity index (χ0n) is 22.7. The molecule has 0 bridgehead atoms. The first-order chi connectivity index (χ1) is 20.4. The number of aromatic nitrogens is 6. The van der Waals surface area contributed by atoms with Gasteiger partial charge in [-0.2, -0.15) is 5.10 Å². The molecule has 0 saturated heterocycles. The number of nitrogen functional groups attached to an aromatic ring is 1. The molecule has 1 amide bonds. The van der Waals surface area contributed by atoms with E-state index in [4.69, 9.17) is 10.7 Å². The van der Waals surface area contributed by atoms with Crippen LogP contribution in [0.3, 0.4) is 0 Å². The summed E-state index contributed by atoms with van der Waals surface area (Å²) in [6, 6.07) is 17.4. The molecule has 0 unspecified atom stereocenters. The van der Waals surface area contributed by atoms with E-state index in [0.29, 0.717) is 33.1 Å². The fourth-order valence-electron chi connectivity index (χ4n) is 4.63. The number of benzene rings is 2. The molecule has 11 nitrogen and oxygen atoms in total. The van der Waals surface area contributed by atoms with E-state index < -0.39 is 11.9 Å². The Morgan fingerprint density at radius 2 is 1.83 bits per heavy atom. The number of fused-ring (bicyclic) bond motifs is 2. The predicted molar refractivity (Wildman–Crippen MR) is 160 cm³/mol. The van der Waals surface area contributed by atoms with Crippen LogP contribution >= 0.6 is 0 Å².